The van der Waals surface area contributed by atoms with Gasteiger partial charge in [0.2, 0.25) is 0 Å². The molecule has 0 aliphatic carbocycles. The molecule has 0 unspecified atom stereocenters. The third-order valence-electron chi connectivity index (χ3n) is 1.15. The number of hydrogen-bond acceptors (Lipinski definition) is 1. The van der Waals surface area contributed by atoms with Crippen LogP contribution in [0, 0.1) is 3.57 Å². The molecule has 0 aromatic carbocycles. The summed E-state index contributed by atoms with van der Waals surface area (Å²) in [6.45, 7) is 0. The molecule has 6 heteroatoms. The largest absolute Gasteiger partial charge is 0.281 e. The summed E-state index contributed by atoms with van der Waals surface area (Å²) in [6.07, 6.45) is -1.17. The van der Waals surface area contributed by atoms with E-state index in [2.05, 4.69) is 36.8 Å². The van der Waals surface area contributed by atoms with E-state index in [0.717, 1.165) is 0 Å². The normalized spacial score (nSPS) is 10.8. The van der Waals surface area contributed by atoms with Gasteiger partial charge in [-0.25, -0.2) is 8.78 Å². The van der Waals surface area contributed by atoms with Gasteiger partial charge in [-0.1, -0.05) is 0 Å². The maximum Gasteiger partial charge on any atom is 0.281 e. The molecule has 0 saturated carbocycles. The second-order valence-electron chi connectivity index (χ2n) is 1.92. The first-order valence-electron chi connectivity index (χ1n) is 2.81. The lowest BCUT2D eigenvalue weighted by Crippen LogP contribution is -1.94. The van der Waals surface area contributed by atoms with Crippen LogP contribution in [0.15, 0.2) is 15.1 Å². The predicted molar refractivity (Wildman–Crippen MR) is 57.3 cm³/mol. The van der Waals surface area contributed by atoms with E-state index in [-0.39, 0.29) is 5.69 Å². The van der Waals surface area contributed by atoms with Crippen LogP contribution in [0.3, 0.4) is 0 Å². The van der Waals surface area contributed by atoms with E-state index >= 15 is 0 Å². The van der Waals surface area contributed by atoms with Crippen molar-refractivity contribution in [3.8, 4) is 0 Å². The lowest BCUT2D eigenvalue weighted by atomic mass is 10.4. The summed E-state index contributed by atoms with van der Waals surface area (Å²) in [4.78, 5) is 3.59. The summed E-state index contributed by atoms with van der Waals surface area (Å²) in [5.74, 6) is 0. The van der Waals surface area contributed by atoms with Crippen LogP contribution >= 0.6 is 54.5 Å². The van der Waals surface area contributed by atoms with E-state index in [4.69, 9.17) is 0 Å². The van der Waals surface area contributed by atoms with Crippen LogP contribution in [0.1, 0.15) is 12.1 Å². The Morgan fingerprint density at radius 1 is 1.42 bits per heavy atom. The molecule has 0 amide bonds. The van der Waals surface area contributed by atoms with E-state index in [0.29, 0.717) is 12.5 Å². The molecule has 0 aliphatic heterocycles. The molecule has 1 heterocycles. The molecule has 0 atom stereocenters. The lowest BCUT2D eigenvalue weighted by molar-refractivity contribution is 0.145. The second kappa shape index (κ2) is 4.28. The van der Waals surface area contributed by atoms with Gasteiger partial charge in [0.05, 0.1) is 8.95 Å². The minimum atomic E-state index is -2.54. The molecule has 12 heavy (non-hydrogen) atoms. The molecular weight excluding hydrogens is 411 g/mol. The highest BCUT2D eigenvalue weighted by molar-refractivity contribution is 14.1. The van der Waals surface area contributed by atoms with Crippen molar-refractivity contribution < 1.29 is 8.78 Å². The number of rotatable bonds is 1. The van der Waals surface area contributed by atoms with E-state index < -0.39 is 6.43 Å². The standard InChI is InChI=1S/C6H2Br2F2IN/c7-2-1-12-5(6(9)10)3(8)4(2)11/h1,6H. The fourth-order valence-electron chi connectivity index (χ4n) is 0.609. The highest BCUT2D eigenvalue weighted by atomic mass is 127. The Kier molecular flexibility index (Phi) is 3.84. The van der Waals surface area contributed by atoms with Crippen LogP contribution in [-0.2, 0) is 0 Å². The Morgan fingerprint density at radius 2 is 2.00 bits per heavy atom. The smallest absolute Gasteiger partial charge is 0.253 e. The molecule has 0 saturated heterocycles. The fraction of sp³-hybridized carbons (Fsp3) is 0.167. The average Bonchev–Trinajstić information content (AvgIpc) is 2.00. The third-order valence-corrected chi connectivity index (χ3v) is 5.16. The number of alkyl halides is 2. The van der Waals surface area contributed by atoms with Crippen LogP contribution in [-0.4, -0.2) is 4.98 Å². The second-order valence-corrected chi connectivity index (χ2v) is 4.65. The van der Waals surface area contributed by atoms with Crippen LogP contribution in [0.5, 0.6) is 0 Å². The number of pyridine rings is 1. The molecule has 1 aromatic heterocycles. The maximum atomic E-state index is 12.2. The minimum Gasteiger partial charge on any atom is -0.253 e. The highest BCUT2D eigenvalue weighted by Crippen LogP contribution is 2.32. The third kappa shape index (κ3) is 2.14. The topological polar surface area (TPSA) is 12.9 Å². The molecule has 1 aromatic rings. The van der Waals surface area contributed by atoms with Crippen molar-refractivity contribution in [2.45, 2.75) is 6.43 Å². The summed E-state index contributed by atoms with van der Waals surface area (Å²) in [7, 11) is 0. The van der Waals surface area contributed by atoms with E-state index in [9.17, 15) is 8.78 Å². The Bertz CT molecular complexity index is 306. The van der Waals surface area contributed by atoms with Crippen molar-refractivity contribution in [3.63, 3.8) is 0 Å². The van der Waals surface area contributed by atoms with Gasteiger partial charge in [0.15, 0.2) is 0 Å². The predicted octanol–water partition coefficient (Wildman–Crippen LogP) is 4.15. The molecule has 0 spiro atoms. The Hall–Kier alpha value is 0.700. The molecule has 66 valence electrons. The van der Waals surface area contributed by atoms with Crippen LogP contribution in [0.2, 0.25) is 0 Å². The van der Waals surface area contributed by atoms with Crippen molar-refractivity contribution in [2.75, 3.05) is 0 Å². The molecule has 1 rings (SSSR count). The monoisotopic (exact) mass is 411 g/mol. The van der Waals surface area contributed by atoms with Gasteiger partial charge in [-0.05, 0) is 54.5 Å². The molecule has 0 radical (unpaired) electrons. The summed E-state index contributed by atoms with van der Waals surface area (Å²) in [6, 6.07) is 0. The first-order chi connectivity index (χ1) is 5.54. The van der Waals surface area contributed by atoms with Gasteiger partial charge in [0.25, 0.3) is 6.43 Å². The zero-order valence-electron chi connectivity index (χ0n) is 5.49. The molecule has 0 N–H and O–H groups in total. The number of hydrogen-bond donors (Lipinski definition) is 0. The van der Waals surface area contributed by atoms with E-state index in [1.165, 1.54) is 6.20 Å². The Labute approximate surface area is 98.3 Å². The molecule has 0 bridgehead atoms. The van der Waals surface area contributed by atoms with Crippen molar-refractivity contribution in [1.82, 2.24) is 4.98 Å². The molecule has 1 nitrogen and oxygen atoms in total. The number of nitrogens with zero attached hydrogens (tertiary/aromatic N) is 1. The maximum absolute atomic E-state index is 12.2. The SMILES string of the molecule is FC(F)c1ncc(Br)c(I)c1Br. The van der Waals surface area contributed by atoms with Gasteiger partial charge in [0.1, 0.15) is 5.69 Å². The quantitative estimate of drug-likeness (QED) is 0.632. The zero-order valence-corrected chi connectivity index (χ0v) is 10.8. The molecular formula is C6H2Br2F2IN. The van der Waals surface area contributed by atoms with Gasteiger partial charge in [0, 0.05) is 9.77 Å². The first kappa shape index (κ1) is 10.8. The van der Waals surface area contributed by atoms with Crippen molar-refractivity contribution in [1.29, 1.82) is 0 Å². The van der Waals surface area contributed by atoms with Crippen molar-refractivity contribution in [3.05, 3.63) is 24.4 Å². The van der Waals surface area contributed by atoms with E-state index in [1.807, 2.05) is 22.6 Å². The Balaban J connectivity index is 3.27. The first-order valence-corrected chi connectivity index (χ1v) is 5.48. The van der Waals surface area contributed by atoms with Crippen molar-refractivity contribution in [2.24, 2.45) is 0 Å². The van der Waals surface area contributed by atoms with Crippen LogP contribution in [0.25, 0.3) is 0 Å². The van der Waals surface area contributed by atoms with E-state index in [1.54, 1.807) is 0 Å². The minimum absolute atomic E-state index is 0.220. The summed E-state index contributed by atoms with van der Waals surface area (Å²) in [5.41, 5.74) is -0.220. The Morgan fingerprint density at radius 3 is 2.50 bits per heavy atom. The van der Waals surface area contributed by atoms with Gasteiger partial charge in [-0.2, -0.15) is 0 Å². The average molecular weight is 413 g/mol. The molecule has 0 aliphatic rings. The molecule has 0 fully saturated rings. The summed E-state index contributed by atoms with van der Waals surface area (Å²) in [5, 5.41) is 0. The highest BCUT2D eigenvalue weighted by Gasteiger charge is 2.16. The zero-order chi connectivity index (χ0) is 9.30. The fourth-order valence-corrected chi connectivity index (χ4v) is 2.08. The summed E-state index contributed by atoms with van der Waals surface area (Å²) >= 11 is 8.20. The summed E-state index contributed by atoms with van der Waals surface area (Å²) < 4.78 is 26.2. The van der Waals surface area contributed by atoms with Crippen LogP contribution < -0.4 is 0 Å². The lowest BCUT2D eigenvalue weighted by Gasteiger charge is -2.04. The number of halogens is 5. The van der Waals surface area contributed by atoms with Gasteiger partial charge >= 0.3 is 0 Å². The van der Waals surface area contributed by atoms with Gasteiger partial charge < -0.3 is 0 Å². The number of aromatic nitrogens is 1. The van der Waals surface area contributed by atoms with Crippen molar-refractivity contribution >= 4 is 54.5 Å². The van der Waals surface area contributed by atoms with Crippen LogP contribution in [0.4, 0.5) is 8.78 Å². The van der Waals surface area contributed by atoms with Gasteiger partial charge in [-0.3, -0.25) is 4.98 Å². The van der Waals surface area contributed by atoms with Gasteiger partial charge in [-0.15, -0.1) is 0 Å².